The molecule has 2 aromatic heterocycles. The smallest absolute Gasteiger partial charge is 0.218 e. The number of benzene rings is 1. The minimum Gasteiger partial charge on any atom is -0.354 e. The number of imidazole rings is 1. The molecule has 4 heterocycles. The first kappa shape index (κ1) is 19.4. The van der Waals surface area contributed by atoms with E-state index in [9.17, 15) is 8.42 Å². The highest BCUT2D eigenvalue weighted by atomic mass is 32.2. The molecule has 158 valence electrons. The van der Waals surface area contributed by atoms with Gasteiger partial charge in [0.05, 0.1) is 12.1 Å². The fourth-order valence-corrected chi connectivity index (χ4v) is 6.41. The molecule has 2 aliphatic rings. The highest BCUT2D eigenvalue weighted by Gasteiger charge is 2.44. The lowest BCUT2D eigenvalue weighted by atomic mass is 10.0. The second kappa shape index (κ2) is 7.31. The van der Waals surface area contributed by atoms with Gasteiger partial charge in [-0.25, -0.2) is 27.7 Å². The number of rotatable bonds is 5. The average Bonchev–Trinajstić information content (AvgIpc) is 3.40. The molecule has 1 aromatic carbocycles. The zero-order chi connectivity index (χ0) is 20.9. The van der Waals surface area contributed by atoms with Crippen molar-refractivity contribution in [2.45, 2.75) is 26.1 Å². The van der Waals surface area contributed by atoms with Gasteiger partial charge in [-0.2, -0.15) is 0 Å². The Morgan fingerprint density at radius 3 is 2.53 bits per heavy atom. The fourth-order valence-electron chi connectivity index (χ4n) is 4.79. The lowest BCUT2D eigenvalue weighted by Gasteiger charge is -2.22. The second-order valence-corrected chi connectivity index (χ2v) is 10.4. The summed E-state index contributed by atoms with van der Waals surface area (Å²) in [5.74, 6) is 1.56. The topological polar surface area (TPSA) is 84.2 Å². The molecule has 0 bridgehead atoms. The van der Waals surface area contributed by atoms with E-state index in [4.69, 9.17) is 0 Å². The Balaban J connectivity index is 1.30. The Bertz CT molecular complexity index is 1180. The first-order chi connectivity index (χ1) is 14.4. The predicted molar refractivity (Wildman–Crippen MR) is 116 cm³/mol. The number of aryl methyl sites for hydroxylation is 2. The minimum atomic E-state index is -3.32. The van der Waals surface area contributed by atoms with Crippen LogP contribution in [0.1, 0.15) is 18.1 Å². The molecule has 0 saturated carbocycles. The third kappa shape index (κ3) is 3.35. The summed E-state index contributed by atoms with van der Waals surface area (Å²) in [6.45, 7) is 7.61. The van der Waals surface area contributed by atoms with Gasteiger partial charge < -0.3 is 9.47 Å². The highest BCUT2D eigenvalue weighted by Crippen LogP contribution is 2.36. The molecule has 2 aliphatic heterocycles. The third-order valence-electron chi connectivity index (χ3n) is 6.30. The van der Waals surface area contributed by atoms with Crippen molar-refractivity contribution in [2.24, 2.45) is 11.8 Å². The van der Waals surface area contributed by atoms with Gasteiger partial charge in [0.25, 0.3) is 0 Å². The van der Waals surface area contributed by atoms with Crippen LogP contribution in [-0.2, 0) is 22.3 Å². The van der Waals surface area contributed by atoms with Crippen molar-refractivity contribution in [3.63, 3.8) is 0 Å². The van der Waals surface area contributed by atoms with Crippen LogP contribution in [0.25, 0.3) is 11.2 Å². The minimum absolute atomic E-state index is 0.0683. The normalized spacial score (nSPS) is 22.1. The van der Waals surface area contributed by atoms with Crippen molar-refractivity contribution < 1.29 is 8.42 Å². The number of anilines is 1. The molecule has 5 rings (SSSR count). The van der Waals surface area contributed by atoms with E-state index in [0.29, 0.717) is 24.9 Å². The molecular weight excluding hydrogens is 400 g/mol. The molecule has 30 heavy (non-hydrogen) atoms. The van der Waals surface area contributed by atoms with E-state index in [1.807, 2.05) is 35.8 Å². The molecule has 2 unspecified atom stereocenters. The molecular formula is C21H26N6O2S. The molecule has 9 heteroatoms. The second-order valence-electron chi connectivity index (χ2n) is 8.39. The monoisotopic (exact) mass is 426 g/mol. The van der Waals surface area contributed by atoms with E-state index < -0.39 is 10.0 Å². The molecule has 0 amide bonds. The van der Waals surface area contributed by atoms with E-state index in [1.54, 1.807) is 17.0 Å². The van der Waals surface area contributed by atoms with Crippen molar-refractivity contribution in [1.29, 1.82) is 0 Å². The zero-order valence-electron chi connectivity index (χ0n) is 17.3. The van der Waals surface area contributed by atoms with Gasteiger partial charge in [-0.05, 0) is 31.2 Å². The first-order valence-corrected chi connectivity index (χ1v) is 12.0. The Hall–Kier alpha value is -2.52. The van der Waals surface area contributed by atoms with Gasteiger partial charge in [-0.3, -0.25) is 0 Å². The largest absolute Gasteiger partial charge is 0.354 e. The third-order valence-corrected chi connectivity index (χ3v) is 8.08. The van der Waals surface area contributed by atoms with Gasteiger partial charge in [-0.1, -0.05) is 29.8 Å². The van der Waals surface area contributed by atoms with Crippen molar-refractivity contribution in [2.75, 3.05) is 31.1 Å². The molecule has 2 atom stereocenters. The van der Waals surface area contributed by atoms with Crippen molar-refractivity contribution in [3.05, 3.63) is 48.0 Å². The molecule has 0 radical (unpaired) electrons. The van der Waals surface area contributed by atoms with Gasteiger partial charge in [0, 0.05) is 32.7 Å². The van der Waals surface area contributed by atoms with Gasteiger partial charge in [0.1, 0.15) is 6.33 Å². The summed E-state index contributed by atoms with van der Waals surface area (Å²) in [4.78, 5) is 15.7. The number of hydrogen-bond acceptors (Lipinski definition) is 6. The maximum Gasteiger partial charge on any atom is 0.218 e. The van der Waals surface area contributed by atoms with Crippen LogP contribution in [-0.4, -0.2) is 58.4 Å². The van der Waals surface area contributed by atoms with Crippen molar-refractivity contribution >= 4 is 27.0 Å². The zero-order valence-corrected chi connectivity index (χ0v) is 18.1. The molecule has 2 fully saturated rings. The number of hydrogen-bond donors (Lipinski definition) is 0. The van der Waals surface area contributed by atoms with Crippen molar-refractivity contribution in [1.82, 2.24) is 23.8 Å². The molecule has 0 N–H and O–H groups in total. The average molecular weight is 427 g/mol. The van der Waals surface area contributed by atoms with Crippen LogP contribution < -0.4 is 4.90 Å². The lowest BCUT2D eigenvalue weighted by Crippen LogP contribution is -2.34. The van der Waals surface area contributed by atoms with E-state index >= 15 is 0 Å². The SMILES string of the molecule is CCn1cnc2c(N3CC4CN(S(=O)(=O)Cc5cccc(C)c5)CC4C3)ncnc21. The summed E-state index contributed by atoms with van der Waals surface area (Å²) in [6.07, 6.45) is 3.40. The summed E-state index contributed by atoms with van der Waals surface area (Å²) in [5.41, 5.74) is 3.60. The number of aromatic nitrogens is 4. The van der Waals surface area contributed by atoms with Gasteiger partial charge in [0.15, 0.2) is 17.0 Å². The quantitative estimate of drug-likeness (QED) is 0.621. The summed E-state index contributed by atoms with van der Waals surface area (Å²) in [7, 11) is -3.32. The van der Waals surface area contributed by atoms with Gasteiger partial charge in [0.2, 0.25) is 10.0 Å². The lowest BCUT2D eigenvalue weighted by molar-refractivity contribution is 0.452. The number of nitrogens with zero attached hydrogens (tertiary/aromatic N) is 6. The molecule has 3 aromatic rings. The van der Waals surface area contributed by atoms with Crippen LogP contribution >= 0.6 is 0 Å². The first-order valence-electron chi connectivity index (χ1n) is 10.4. The Labute approximate surface area is 176 Å². The molecule has 0 aliphatic carbocycles. The maximum absolute atomic E-state index is 13.0. The van der Waals surface area contributed by atoms with E-state index in [-0.39, 0.29) is 5.75 Å². The van der Waals surface area contributed by atoms with Crippen molar-refractivity contribution in [3.8, 4) is 0 Å². The van der Waals surface area contributed by atoms with E-state index in [2.05, 4.69) is 26.8 Å². The summed E-state index contributed by atoms with van der Waals surface area (Å²) in [5, 5.41) is 0. The van der Waals surface area contributed by atoms with E-state index in [1.165, 1.54) is 0 Å². The van der Waals surface area contributed by atoms with E-state index in [0.717, 1.165) is 47.7 Å². The number of sulfonamides is 1. The van der Waals surface area contributed by atoms with Crippen LogP contribution in [0.3, 0.4) is 0 Å². The standard InChI is InChI=1S/C21H26N6O2S/c1-3-25-14-24-19-20(25)22-13-23-21(19)26-8-17-10-27(11-18(17)9-26)30(28,29)12-16-6-4-5-15(2)7-16/h4-7,13-14,17-18H,3,8-12H2,1-2H3. The molecule has 0 spiro atoms. The van der Waals surface area contributed by atoms with Crippen LogP contribution in [0, 0.1) is 18.8 Å². The van der Waals surface area contributed by atoms with Crippen LogP contribution in [0.5, 0.6) is 0 Å². The Morgan fingerprint density at radius 1 is 1.07 bits per heavy atom. The van der Waals surface area contributed by atoms with Crippen LogP contribution in [0.2, 0.25) is 0 Å². The highest BCUT2D eigenvalue weighted by molar-refractivity contribution is 7.88. The predicted octanol–water partition coefficient (Wildman–Crippen LogP) is 2.05. The molecule has 2 saturated heterocycles. The van der Waals surface area contributed by atoms with Crippen LogP contribution in [0.15, 0.2) is 36.9 Å². The van der Waals surface area contributed by atoms with Crippen LogP contribution in [0.4, 0.5) is 5.82 Å². The fraction of sp³-hybridized carbons (Fsp3) is 0.476. The summed E-state index contributed by atoms with van der Waals surface area (Å²) < 4.78 is 29.7. The number of fused-ring (bicyclic) bond motifs is 2. The summed E-state index contributed by atoms with van der Waals surface area (Å²) >= 11 is 0. The Kier molecular flexibility index (Phi) is 4.74. The van der Waals surface area contributed by atoms with Gasteiger partial charge >= 0.3 is 0 Å². The van der Waals surface area contributed by atoms with Gasteiger partial charge in [-0.15, -0.1) is 0 Å². The molecule has 8 nitrogen and oxygen atoms in total. The maximum atomic E-state index is 13.0. The summed E-state index contributed by atoms with van der Waals surface area (Å²) in [6, 6.07) is 7.74. The Morgan fingerprint density at radius 2 is 1.83 bits per heavy atom.